The quantitative estimate of drug-likeness (QED) is 0.476. The second-order valence-electron chi connectivity index (χ2n) is 4.32. The first-order chi connectivity index (χ1) is 9.52. The molecule has 0 fully saturated rings. The highest BCUT2D eigenvalue weighted by Gasteiger charge is 2.19. The maximum atomic E-state index is 6.18. The van der Waals surface area contributed by atoms with Crippen LogP contribution in [0.15, 0.2) is 37.0 Å². The molecule has 0 spiro atoms. The van der Waals surface area contributed by atoms with Crippen molar-refractivity contribution in [2.75, 3.05) is 6.54 Å². The Kier molecular flexibility index (Phi) is 6.57. The Hall–Kier alpha value is 0.610. The third kappa shape index (κ3) is 4.08. The molecule has 0 amide bonds. The van der Waals surface area contributed by atoms with E-state index in [-0.39, 0.29) is 6.04 Å². The standard InChI is InChI=1S/C14H13Br3ClNS/c1-2-5-19-13(12-7-11(18)14(17)20-12)9-4-3-8(15)6-10(9)16/h3-4,6-7,13,19H,2,5H2,1H3. The van der Waals surface area contributed by atoms with Crippen molar-refractivity contribution in [3.8, 4) is 0 Å². The third-order valence-corrected chi connectivity index (χ3v) is 6.54. The predicted octanol–water partition coefficient (Wildman–Crippen LogP) is 6.78. The molecule has 1 atom stereocenters. The van der Waals surface area contributed by atoms with Crippen LogP contribution in [-0.4, -0.2) is 6.54 Å². The van der Waals surface area contributed by atoms with Crippen molar-refractivity contribution in [2.45, 2.75) is 19.4 Å². The molecule has 0 radical (unpaired) electrons. The fourth-order valence-electron chi connectivity index (χ4n) is 1.89. The van der Waals surface area contributed by atoms with Crippen LogP contribution in [0.5, 0.6) is 0 Å². The lowest BCUT2D eigenvalue weighted by atomic mass is 10.1. The van der Waals surface area contributed by atoms with E-state index in [9.17, 15) is 0 Å². The smallest absolute Gasteiger partial charge is 0.0888 e. The molecule has 0 aliphatic heterocycles. The molecule has 1 aromatic heterocycles. The Balaban J connectivity index is 2.41. The minimum absolute atomic E-state index is 0.145. The second kappa shape index (κ2) is 7.75. The monoisotopic (exact) mass is 499 g/mol. The minimum atomic E-state index is 0.145. The lowest BCUT2D eigenvalue weighted by molar-refractivity contribution is 0.604. The summed E-state index contributed by atoms with van der Waals surface area (Å²) in [6.07, 6.45) is 1.09. The molecule has 1 heterocycles. The molecular formula is C14H13Br3ClNS. The summed E-state index contributed by atoms with van der Waals surface area (Å²) in [6, 6.07) is 8.43. The topological polar surface area (TPSA) is 12.0 Å². The fourth-order valence-corrected chi connectivity index (χ4v) is 5.01. The summed E-state index contributed by atoms with van der Waals surface area (Å²) in [7, 11) is 0. The minimum Gasteiger partial charge on any atom is -0.306 e. The van der Waals surface area contributed by atoms with Crippen molar-refractivity contribution in [1.29, 1.82) is 0 Å². The summed E-state index contributed by atoms with van der Waals surface area (Å²) < 4.78 is 3.12. The molecule has 20 heavy (non-hydrogen) atoms. The van der Waals surface area contributed by atoms with E-state index in [1.165, 1.54) is 10.4 Å². The van der Waals surface area contributed by atoms with Gasteiger partial charge in [0.05, 0.1) is 14.9 Å². The molecule has 2 aromatic rings. The highest BCUT2D eigenvalue weighted by Crippen LogP contribution is 2.39. The summed E-state index contributed by atoms with van der Waals surface area (Å²) in [6.45, 7) is 3.12. The number of benzene rings is 1. The number of hydrogen-bond donors (Lipinski definition) is 1. The zero-order valence-electron chi connectivity index (χ0n) is 10.7. The molecule has 0 saturated carbocycles. The number of thiophene rings is 1. The molecule has 1 aromatic carbocycles. The van der Waals surface area contributed by atoms with Gasteiger partial charge in [0.1, 0.15) is 0 Å². The Labute approximate surface area is 153 Å². The predicted molar refractivity (Wildman–Crippen MR) is 99.0 cm³/mol. The average molecular weight is 502 g/mol. The van der Waals surface area contributed by atoms with Crippen LogP contribution >= 0.6 is 70.7 Å². The Morgan fingerprint density at radius 1 is 1.25 bits per heavy atom. The normalized spacial score (nSPS) is 12.7. The molecule has 0 aliphatic carbocycles. The van der Waals surface area contributed by atoms with E-state index in [2.05, 4.69) is 78.2 Å². The van der Waals surface area contributed by atoms with Crippen molar-refractivity contribution in [3.05, 3.63) is 52.5 Å². The molecule has 6 heteroatoms. The molecule has 1 N–H and O–H groups in total. The van der Waals surface area contributed by atoms with Crippen molar-refractivity contribution in [3.63, 3.8) is 0 Å². The second-order valence-corrected chi connectivity index (χ2v) is 8.90. The summed E-state index contributed by atoms with van der Waals surface area (Å²) in [5, 5.41) is 4.35. The molecule has 0 aliphatic rings. The largest absolute Gasteiger partial charge is 0.306 e. The van der Waals surface area contributed by atoms with Gasteiger partial charge in [-0.3, -0.25) is 0 Å². The maximum Gasteiger partial charge on any atom is 0.0888 e. The number of halogens is 4. The van der Waals surface area contributed by atoms with Crippen LogP contribution in [0.2, 0.25) is 5.02 Å². The number of rotatable bonds is 5. The van der Waals surface area contributed by atoms with E-state index < -0.39 is 0 Å². The summed E-state index contributed by atoms with van der Waals surface area (Å²) in [5.74, 6) is 0. The van der Waals surface area contributed by atoms with Crippen molar-refractivity contribution >= 4 is 70.7 Å². The van der Waals surface area contributed by atoms with E-state index in [1.54, 1.807) is 11.3 Å². The first-order valence-electron chi connectivity index (χ1n) is 6.16. The average Bonchev–Trinajstić information content (AvgIpc) is 2.72. The van der Waals surface area contributed by atoms with Crippen molar-refractivity contribution in [2.24, 2.45) is 0 Å². The fraction of sp³-hybridized carbons (Fsp3) is 0.286. The molecule has 2 rings (SSSR count). The van der Waals surface area contributed by atoms with Gasteiger partial charge in [-0.2, -0.15) is 0 Å². The first-order valence-corrected chi connectivity index (χ1v) is 9.73. The summed E-state index contributed by atoms with van der Waals surface area (Å²) >= 11 is 18.5. The maximum absolute atomic E-state index is 6.18. The van der Waals surface area contributed by atoms with E-state index in [0.29, 0.717) is 0 Å². The van der Waals surface area contributed by atoms with Gasteiger partial charge >= 0.3 is 0 Å². The molecular weight excluding hydrogens is 489 g/mol. The summed E-state index contributed by atoms with van der Waals surface area (Å²) in [4.78, 5) is 1.21. The summed E-state index contributed by atoms with van der Waals surface area (Å²) in [5.41, 5.74) is 1.21. The molecule has 1 nitrogen and oxygen atoms in total. The number of hydrogen-bond acceptors (Lipinski definition) is 2. The van der Waals surface area contributed by atoms with Crippen LogP contribution in [0.25, 0.3) is 0 Å². The first kappa shape index (κ1) is 17.0. The molecule has 1 unspecified atom stereocenters. The van der Waals surface area contributed by atoms with Gasteiger partial charge in [0.15, 0.2) is 0 Å². The van der Waals surface area contributed by atoms with E-state index in [1.807, 2.05) is 6.07 Å². The van der Waals surface area contributed by atoms with Gasteiger partial charge in [-0.1, -0.05) is 56.5 Å². The SMILES string of the molecule is CCCNC(c1cc(Cl)c(Br)s1)c1ccc(Br)cc1Br. The Morgan fingerprint density at radius 2 is 2.00 bits per heavy atom. The van der Waals surface area contributed by atoms with E-state index in [0.717, 1.165) is 30.7 Å². The van der Waals surface area contributed by atoms with Crippen LogP contribution < -0.4 is 5.32 Å². The van der Waals surface area contributed by atoms with Gasteiger partial charge in [0.2, 0.25) is 0 Å². The van der Waals surface area contributed by atoms with Crippen LogP contribution in [0.3, 0.4) is 0 Å². The highest BCUT2D eigenvalue weighted by molar-refractivity contribution is 9.11. The molecule has 0 bridgehead atoms. The van der Waals surface area contributed by atoms with Gasteiger partial charge in [-0.05, 0) is 52.7 Å². The van der Waals surface area contributed by atoms with Gasteiger partial charge < -0.3 is 5.32 Å². The lowest BCUT2D eigenvalue weighted by Gasteiger charge is -2.19. The van der Waals surface area contributed by atoms with Crippen molar-refractivity contribution < 1.29 is 0 Å². The molecule has 108 valence electrons. The van der Waals surface area contributed by atoms with Gasteiger partial charge in [-0.25, -0.2) is 0 Å². The number of nitrogens with one attached hydrogen (secondary N) is 1. The van der Waals surface area contributed by atoms with Crippen LogP contribution in [0, 0.1) is 0 Å². The van der Waals surface area contributed by atoms with Crippen LogP contribution in [-0.2, 0) is 0 Å². The van der Waals surface area contributed by atoms with Gasteiger partial charge in [-0.15, -0.1) is 11.3 Å². The molecule has 0 saturated heterocycles. The van der Waals surface area contributed by atoms with Crippen LogP contribution in [0.1, 0.15) is 29.8 Å². The zero-order chi connectivity index (χ0) is 14.7. The van der Waals surface area contributed by atoms with Gasteiger partial charge in [0, 0.05) is 13.8 Å². The van der Waals surface area contributed by atoms with E-state index in [4.69, 9.17) is 11.6 Å². The lowest BCUT2D eigenvalue weighted by Crippen LogP contribution is -2.22. The van der Waals surface area contributed by atoms with Gasteiger partial charge in [0.25, 0.3) is 0 Å². The van der Waals surface area contributed by atoms with Crippen molar-refractivity contribution in [1.82, 2.24) is 5.32 Å². The zero-order valence-corrected chi connectivity index (χ0v) is 17.1. The van der Waals surface area contributed by atoms with E-state index >= 15 is 0 Å². The van der Waals surface area contributed by atoms with Crippen LogP contribution in [0.4, 0.5) is 0 Å². The Morgan fingerprint density at radius 3 is 2.55 bits per heavy atom. The third-order valence-electron chi connectivity index (χ3n) is 2.82. The Bertz CT molecular complexity index is 581. The highest BCUT2D eigenvalue weighted by atomic mass is 79.9.